The Morgan fingerprint density at radius 3 is 2.68 bits per heavy atom. The van der Waals surface area contributed by atoms with Crippen molar-refractivity contribution in [2.45, 2.75) is 17.9 Å². The molecule has 6 nitrogen and oxygen atoms in total. The molecule has 19 heavy (non-hydrogen) atoms. The topological polar surface area (TPSA) is 75.7 Å². The normalized spacial score (nSPS) is 19.6. The molecular formula is C12H16N2O4S. The van der Waals surface area contributed by atoms with E-state index in [1.165, 1.54) is 4.90 Å². The number of hydrogen-bond acceptors (Lipinski definition) is 4. The van der Waals surface area contributed by atoms with E-state index in [4.69, 9.17) is 4.74 Å². The van der Waals surface area contributed by atoms with Crippen LogP contribution in [0.4, 0.5) is 4.79 Å². The second-order valence-corrected chi connectivity index (χ2v) is 6.24. The van der Waals surface area contributed by atoms with Gasteiger partial charge in [0.2, 0.25) is 10.0 Å². The fourth-order valence-electron chi connectivity index (χ4n) is 1.89. The molecule has 1 atom stereocenters. The van der Waals surface area contributed by atoms with Crippen LogP contribution in [-0.2, 0) is 14.8 Å². The first kappa shape index (κ1) is 13.8. The maximum Gasteiger partial charge on any atom is 0.410 e. The maximum absolute atomic E-state index is 12.1. The van der Waals surface area contributed by atoms with E-state index >= 15 is 0 Å². The summed E-state index contributed by atoms with van der Waals surface area (Å²) in [5.74, 6) is 0. The largest absolute Gasteiger partial charge is 0.443 e. The van der Waals surface area contributed by atoms with Gasteiger partial charge in [-0.15, -0.1) is 0 Å². The Morgan fingerprint density at radius 2 is 2.11 bits per heavy atom. The SMILES string of the molecule is Cc1ccccc1S(=O)(=O)NCC1CN(C)C(=O)O1. The van der Waals surface area contributed by atoms with E-state index in [-0.39, 0.29) is 11.4 Å². The van der Waals surface area contributed by atoms with Crippen molar-refractivity contribution >= 4 is 16.1 Å². The molecule has 104 valence electrons. The Morgan fingerprint density at radius 1 is 1.42 bits per heavy atom. The monoisotopic (exact) mass is 284 g/mol. The molecule has 1 aromatic rings. The highest BCUT2D eigenvalue weighted by Crippen LogP contribution is 2.14. The third-order valence-corrected chi connectivity index (χ3v) is 4.52. The molecule has 0 spiro atoms. The van der Waals surface area contributed by atoms with Crippen molar-refractivity contribution in [2.24, 2.45) is 0 Å². The van der Waals surface area contributed by atoms with E-state index < -0.39 is 22.2 Å². The van der Waals surface area contributed by atoms with E-state index in [0.717, 1.165) is 0 Å². The molecule has 1 amide bonds. The molecule has 1 aromatic carbocycles. The number of cyclic esters (lactones) is 1. The summed E-state index contributed by atoms with van der Waals surface area (Å²) in [6.07, 6.45) is -0.878. The minimum absolute atomic E-state index is 0.0761. The first-order valence-electron chi connectivity index (χ1n) is 5.87. The predicted octanol–water partition coefficient (Wildman–Crippen LogP) is 0.724. The summed E-state index contributed by atoms with van der Waals surface area (Å²) >= 11 is 0. The summed E-state index contributed by atoms with van der Waals surface area (Å²) in [5.41, 5.74) is 0.676. The molecule has 2 rings (SSSR count). The van der Waals surface area contributed by atoms with Crippen LogP contribution in [0.3, 0.4) is 0 Å². The number of likely N-dealkylation sites (N-methyl/N-ethyl adjacent to an activating group) is 1. The summed E-state index contributed by atoms with van der Waals surface area (Å²) in [5, 5.41) is 0. The lowest BCUT2D eigenvalue weighted by Gasteiger charge is -2.11. The number of nitrogens with zero attached hydrogens (tertiary/aromatic N) is 1. The van der Waals surface area contributed by atoms with Crippen LogP contribution in [-0.4, -0.2) is 45.7 Å². The maximum atomic E-state index is 12.1. The third-order valence-electron chi connectivity index (χ3n) is 2.94. The van der Waals surface area contributed by atoms with Gasteiger partial charge in [0, 0.05) is 13.6 Å². The minimum atomic E-state index is -3.57. The highest BCUT2D eigenvalue weighted by atomic mass is 32.2. The quantitative estimate of drug-likeness (QED) is 0.884. The van der Waals surface area contributed by atoms with E-state index in [0.29, 0.717) is 12.1 Å². The zero-order chi connectivity index (χ0) is 14.0. The number of ether oxygens (including phenoxy) is 1. The van der Waals surface area contributed by atoms with Crippen molar-refractivity contribution in [1.29, 1.82) is 0 Å². The van der Waals surface area contributed by atoms with Crippen molar-refractivity contribution in [3.63, 3.8) is 0 Å². The summed E-state index contributed by atoms with van der Waals surface area (Å²) in [4.78, 5) is 12.8. The van der Waals surface area contributed by atoms with Crippen molar-refractivity contribution in [2.75, 3.05) is 20.1 Å². The zero-order valence-electron chi connectivity index (χ0n) is 10.8. The van der Waals surface area contributed by atoms with E-state index in [2.05, 4.69) is 4.72 Å². The van der Waals surface area contributed by atoms with Gasteiger partial charge in [0.15, 0.2) is 0 Å². The average molecular weight is 284 g/mol. The van der Waals surface area contributed by atoms with Crippen molar-refractivity contribution < 1.29 is 17.9 Å². The first-order valence-corrected chi connectivity index (χ1v) is 7.35. The van der Waals surface area contributed by atoms with Gasteiger partial charge in [-0.25, -0.2) is 17.9 Å². The summed E-state index contributed by atoms with van der Waals surface area (Å²) in [6, 6.07) is 6.73. The molecule has 0 saturated carbocycles. The van der Waals surface area contributed by atoms with Gasteiger partial charge in [0.1, 0.15) is 6.10 Å². The number of amides is 1. The number of rotatable bonds is 4. The number of aryl methyl sites for hydroxylation is 1. The Balaban J connectivity index is 2.03. The summed E-state index contributed by atoms with van der Waals surface area (Å²) < 4.78 is 31.7. The molecule has 0 aromatic heterocycles. The van der Waals surface area contributed by atoms with Crippen molar-refractivity contribution in [1.82, 2.24) is 9.62 Å². The van der Waals surface area contributed by atoms with Gasteiger partial charge >= 0.3 is 6.09 Å². The van der Waals surface area contributed by atoms with Gasteiger partial charge in [-0.2, -0.15) is 0 Å². The number of sulfonamides is 1. The van der Waals surface area contributed by atoms with Crippen LogP contribution in [0.2, 0.25) is 0 Å². The lowest BCUT2D eigenvalue weighted by Crippen LogP contribution is -2.34. The second kappa shape index (κ2) is 5.18. The molecule has 1 N–H and O–H groups in total. The zero-order valence-corrected chi connectivity index (χ0v) is 11.6. The van der Waals surface area contributed by atoms with E-state index in [1.54, 1.807) is 38.2 Å². The molecule has 1 aliphatic heterocycles. The van der Waals surface area contributed by atoms with Crippen molar-refractivity contribution in [3.05, 3.63) is 29.8 Å². The Bertz CT molecular complexity index is 585. The van der Waals surface area contributed by atoms with Gasteiger partial charge in [-0.05, 0) is 18.6 Å². The first-order chi connectivity index (χ1) is 8.90. The number of nitrogens with one attached hydrogen (secondary N) is 1. The Labute approximate surface area is 112 Å². The number of benzene rings is 1. The third kappa shape index (κ3) is 3.05. The molecule has 0 radical (unpaired) electrons. The van der Waals surface area contributed by atoms with Crippen LogP contribution in [0, 0.1) is 6.92 Å². The molecule has 1 unspecified atom stereocenters. The molecule has 1 fully saturated rings. The van der Waals surface area contributed by atoms with Gasteiger partial charge < -0.3 is 9.64 Å². The fraction of sp³-hybridized carbons (Fsp3) is 0.417. The summed E-state index contributed by atoms with van der Waals surface area (Å²) in [6.45, 7) is 2.19. The van der Waals surface area contributed by atoms with Gasteiger partial charge in [0.05, 0.1) is 11.4 Å². The standard InChI is InChI=1S/C12H16N2O4S/c1-9-5-3-4-6-11(9)19(16,17)13-7-10-8-14(2)12(15)18-10/h3-6,10,13H,7-8H2,1-2H3. The molecule has 0 bridgehead atoms. The number of hydrogen-bond donors (Lipinski definition) is 1. The minimum Gasteiger partial charge on any atom is -0.443 e. The van der Waals surface area contributed by atoms with Crippen LogP contribution in [0.15, 0.2) is 29.2 Å². The van der Waals surface area contributed by atoms with Gasteiger partial charge in [-0.3, -0.25) is 0 Å². The molecule has 1 aliphatic rings. The molecule has 1 heterocycles. The second-order valence-electron chi connectivity index (χ2n) is 4.50. The average Bonchev–Trinajstić information content (AvgIpc) is 2.67. The molecule has 0 aliphatic carbocycles. The highest BCUT2D eigenvalue weighted by molar-refractivity contribution is 7.89. The van der Waals surface area contributed by atoms with E-state index in [1.807, 2.05) is 0 Å². The lowest BCUT2D eigenvalue weighted by molar-refractivity contribution is 0.135. The van der Waals surface area contributed by atoms with E-state index in [9.17, 15) is 13.2 Å². The van der Waals surface area contributed by atoms with Crippen LogP contribution in [0.25, 0.3) is 0 Å². The summed E-state index contributed by atoms with van der Waals surface area (Å²) in [7, 11) is -1.96. The Kier molecular flexibility index (Phi) is 3.77. The molecule has 1 saturated heterocycles. The van der Waals surface area contributed by atoms with Crippen LogP contribution in [0.5, 0.6) is 0 Å². The lowest BCUT2D eigenvalue weighted by atomic mass is 10.2. The van der Waals surface area contributed by atoms with Crippen LogP contribution in [0.1, 0.15) is 5.56 Å². The number of carbonyl (C=O) groups is 1. The van der Waals surface area contributed by atoms with Crippen molar-refractivity contribution in [3.8, 4) is 0 Å². The van der Waals surface area contributed by atoms with Crippen LogP contribution >= 0.6 is 0 Å². The highest BCUT2D eigenvalue weighted by Gasteiger charge is 2.29. The predicted molar refractivity (Wildman–Crippen MR) is 69.3 cm³/mol. The molecule has 7 heteroatoms. The number of carbonyl (C=O) groups excluding carboxylic acids is 1. The van der Waals surface area contributed by atoms with Gasteiger partial charge in [-0.1, -0.05) is 18.2 Å². The van der Waals surface area contributed by atoms with Crippen LogP contribution < -0.4 is 4.72 Å². The molecular weight excluding hydrogens is 268 g/mol. The van der Waals surface area contributed by atoms with Gasteiger partial charge in [0.25, 0.3) is 0 Å². The Hall–Kier alpha value is -1.60. The smallest absolute Gasteiger partial charge is 0.410 e. The fourth-order valence-corrected chi connectivity index (χ4v) is 3.20.